The Bertz CT molecular complexity index is 346. The van der Waals surface area contributed by atoms with E-state index in [1.807, 2.05) is 0 Å². The van der Waals surface area contributed by atoms with Gasteiger partial charge >= 0.3 is 0 Å². The fourth-order valence-electron chi connectivity index (χ4n) is 1.62. The van der Waals surface area contributed by atoms with Crippen molar-refractivity contribution in [1.82, 2.24) is 10.2 Å². The van der Waals surface area contributed by atoms with Gasteiger partial charge in [0.15, 0.2) is 5.15 Å². The number of hydrogen-bond acceptors (Lipinski definition) is 1. The topological polar surface area (TPSA) is 33.0 Å². The van der Waals surface area contributed by atoms with E-state index in [1.165, 1.54) is 19.3 Å². The van der Waals surface area contributed by atoms with Crippen LogP contribution in [-0.4, -0.2) is 10.2 Å². The van der Waals surface area contributed by atoms with E-state index >= 15 is 0 Å². The van der Waals surface area contributed by atoms with E-state index in [0.29, 0.717) is 17.6 Å². The predicted octanol–water partition coefficient (Wildman–Crippen LogP) is 2.75. The van der Waals surface area contributed by atoms with Gasteiger partial charge < -0.3 is 4.85 Å². The van der Waals surface area contributed by atoms with Gasteiger partial charge in [0, 0.05) is 5.92 Å². The lowest BCUT2D eigenvalue weighted by molar-refractivity contribution is 0.409. The average Bonchev–Trinajstić information content (AvgIpc) is 2.33. The summed E-state index contributed by atoms with van der Waals surface area (Å²) in [5.74, 6) is 0.566. The minimum Gasteiger partial charge on any atom is -0.312 e. The Morgan fingerprint density at radius 2 is 2.38 bits per heavy atom. The van der Waals surface area contributed by atoms with Crippen LogP contribution in [0.25, 0.3) is 4.85 Å². The molecule has 1 N–H and O–H groups in total. The lowest BCUT2D eigenvalue weighted by Gasteiger charge is -2.24. The van der Waals surface area contributed by atoms with Gasteiger partial charge in [-0.1, -0.05) is 18.0 Å². The van der Waals surface area contributed by atoms with Gasteiger partial charge in [0.25, 0.3) is 0 Å². The van der Waals surface area contributed by atoms with Gasteiger partial charge in [0.05, 0.1) is 11.3 Å². The van der Waals surface area contributed by atoms with Crippen molar-refractivity contribution in [2.24, 2.45) is 0 Å². The zero-order valence-electron chi connectivity index (χ0n) is 7.18. The fourth-order valence-corrected chi connectivity index (χ4v) is 1.82. The first-order valence-electron chi connectivity index (χ1n) is 4.38. The van der Waals surface area contributed by atoms with Crippen molar-refractivity contribution >= 4 is 11.6 Å². The van der Waals surface area contributed by atoms with E-state index in [0.717, 1.165) is 11.3 Å². The first-order chi connectivity index (χ1) is 6.33. The molecule has 0 saturated heterocycles. The maximum absolute atomic E-state index is 6.81. The van der Waals surface area contributed by atoms with Crippen LogP contribution in [0.15, 0.2) is 0 Å². The number of hydrogen-bond donors (Lipinski definition) is 1. The summed E-state index contributed by atoms with van der Waals surface area (Å²) >= 11 is 5.86. The summed E-state index contributed by atoms with van der Waals surface area (Å²) in [6.45, 7) is 7.16. The Hall–Kier alpha value is -1.01. The second kappa shape index (κ2) is 3.39. The molecule has 1 fully saturated rings. The fraction of sp³-hybridized carbons (Fsp3) is 0.556. The van der Waals surface area contributed by atoms with Crippen molar-refractivity contribution in [3.8, 4) is 0 Å². The summed E-state index contributed by atoms with van der Waals surface area (Å²) in [5, 5.41) is 7.34. The Morgan fingerprint density at radius 1 is 1.62 bits per heavy atom. The summed E-state index contributed by atoms with van der Waals surface area (Å²) in [6.07, 6.45) is 3.67. The van der Waals surface area contributed by atoms with Crippen LogP contribution in [0.3, 0.4) is 0 Å². The van der Waals surface area contributed by atoms with Crippen molar-refractivity contribution in [2.45, 2.75) is 31.7 Å². The summed E-state index contributed by atoms with van der Waals surface area (Å²) in [6, 6.07) is 0. The van der Waals surface area contributed by atoms with Crippen molar-refractivity contribution in [3.63, 3.8) is 0 Å². The lowest BCUT2D eigenvalue weighted by Crippen LogP contribution is -2.10. The Balaban J connectivity index is 2.28. The summed E-state index contributed by atoms with van der Waals surface area (Å²) in [4.78, 5) is 3.35. The number of aromatic nitrogens is 2. The zero-order chi connectivity index (χ0) is 9.26. The van der Waals surface area contributed by atoms with Crippen LogP contribution in [0.1, 0.15) is 36.4 Å². The number of aromatic amines is 1. The molecule has 1 aliphatic carbocycles. The van der Waals surface area contributed by atoms with Crippen LogP contribution in [0.5, 0.6) is 0 Å². The third-order valence-corrected chi connectivity index (χ3v) is 2.91. The molecule has 3 nitrogen and oxygen atoms in total. The molecule has 0 radical (unpaired) electrons. The van der Waals surface area contributed by atoms with Crippen molar-refractivity contribution in [2.75, 3.05) is 0 Å². The van der Waals surface area contributed by atoms with Crippen molar-refractivity contribution < 1.29 is 0 Å². The maximum Gasteiger partial charge on any atom is 0.244 e. The third kappa shape index (κ3) is 1.42. The molecule has 1 heterocycles. The van der Waals surface area contributed by atoms with E-state index < -0.39 is 0 Å². The second-order valence-electron chi connectivity index (χ2n) is 3.35. The van der Waals surface area contributed by atoms with Gasteiger partial charge in [-0.05, 0) is 12.8 Å². The van der Waals surface area contributed by atoms with Gasteiger partial charge in [0.2, 0.25) is 6.54 Å². The third-order valence-electron chi connectivity index (χ3n) is 2.60. The first-order valence-corrected chi connectivity index (χ1v) is 4.76. The largest absolute Gasteiger partial charge is 0.312 e. The maximum atomic E-state index is 6.81. The smallest absolute Gasteiger partial charge is 0.244 e. The molecule has 0 amide bonds. The average molecular weight is 196 g/mol. The molecule has 4 heteroatoms. The molecular weight excluding hydrogens is 186 g/mol. The molecule has 0 unspecified atom stereocenters. The van der Waals surface area contributed by atoms with E-state index in [4.69, 9.17) is 18.2 Å². The zero-order valence-corrected chi connectivity index (χ0v) is 7.93. The minimum absolute atomic E-state index is 0.348. The molecule has 1 aliphatic rings. The molecule has 1 aromatic heterocycles. The molecule has 68 valence electrons. The molecule has 0 aromatic carbocycles. The highest BCUT2D eigenvalue weighted by Crippen LogP contribution is 2.38. The molecule has 0 aliphatic heterocycles. The van der Waals surface area contributed by atoms with Crippen LogP contribution in [0.2, 0.25) is 5.15 Å². The van der Waals surface area contributed by atoms with Crippen LogP contribution >= 0.6 is 11.6 Å². The van der Waals surface area contributed by atoms with Crippen LogP contribution in [-0.2, 0) is 6.54 Å². The summed E-state index contributed by atoms with van der Waals surface area (Å²) < 4.78 is 0. The molecule has 2 rings (SSSR count). The van der Waals surface area contributed by atoms with E-state index in [9.17, 15) is 0 Å². The number of H-pyrrole nitrogens is 1. The first kappa shape index (κ1) is 8.58. The molecule has 1 aromatic rings. The highest BCUT2D eigenvalue weighted by atomic mass is 35.5. The summed E-state index contributed by atoms with van der Waals surface area (Å²) in [5.41, 5.74) is 1.99. The molecule has 0 atom stereocenters. The minimum atomic E-state index is 0.348. The molecule has 0 spiro atoms. The van der Waals surface area contributed by atoms with E-state index in [-0.39, 0.29) is 0 Å². The Kier molecular flexibility index (Phi) is 2.24. The standard InChI is InChI=1S/C9H10ClN3/c1-11-5-7-8(6-3-2-4-6)12-13-9(7)10/h6H,2-5H2,(H,12,13). The predicted molar refractivity (Wildman–Crippen MR) is 50.5 cm³/mol. The SMILES string of the molecule is [C-]#[N+]Cc1c(Cl)n[nH]c1C1CCC1. The Morgan fingerprint density at radius 3 is 2.92 bits per heavy atom. The molecule has 13 heavy (non-hydrogen) atoms. The lowest BCUT2D eigenvalue weighted by atomic mass is 9.81. The highest BCUT2D eigenvalue weighted by Gasteiger charge is 2.26. The quantitative estimate of drug-likeness (QED) is 0.724. The second-order valence-corrected chi connectivity index (χ2v) is 3.71. The van der Waals surface area contributed by atoms with Gasteiger partial charge in [-0.15, -0.1) is 0 Å². The van der Waals surface area contributed by atoms with Crippen molar-refractivity contribution in [1.29, 1.82) is 0 Å². The number of nitrogens with zero attached hydrogens (tertiary/aromatic N) is 2. The normalized spacial score (nSPS) is 16.6. The number of rotatable bonds is 2. The number of halogens is 1. The van der Waals surface area contributed by atoms with Gasteiger partial charge in [-0.3, -0.25) is 5.10 Å². The van der Waals surface area contributed by atoms with Crippen LogP contribution in [0.4, 0.5) is 0 Å². The highest BCUT2D eigenvalue weighted by molar-refractivity contribution is 6.30. The van der Waals surface area contributed by atoms with Crippen molar-refractivity contribution in [3.05, 3.63) is 27.8 Å². The molecule has 0 bridgehead atoms. The molecule has 1 saturated carbocycles. The van der Waals surface area contributed by atoms with Gasteiger partial charge in [-0.25, -0.2) is 6.57 Å². The van der Waals surface area contributed by atoms with Crippen LogP contribution in [0, 0.1) is 6.57 Å². The summed E-state index contributed by atoms with van der Waals surface area (Å²) in [7, 11) is 0. The van der Waals surface area contributed by atoms with E-state index in [2.05, 4.69) is 15.0 Å². The molecular formula is C9H10ClN3. The van der Waals surface area contributed by atoms with Crippen LogP contribution < -0.4 is 0 Å². The Labute approximate surface area is 81.9 Å². The number of nitrogens with one attached hydrogen (secondary N) is 1. The van der Waals surface area contributed by atoms with Gasteiger partial charge in [-0.2, -0.15) is 5.10 Å². The van der Waals surface area contributed by atoms with E-state index in [1.54, 1.807) is 0 Å². The monoisotopic (exact) mass is 195 g/mol. The van der Waals surface area contributed by atoms with Gasteiger partial charge in [0.1, 0.15) is 0 Å².